The average Bonchev–Trinajstić information content (AvgIpc) is 2.35. The van der Waals surface area contributed by atoms with Crippen molar-refractivity contribution in [1.29, 1.82) is 0 Å². The Morgan fingerprint density at radius 2 is 0.471 bits per heavy atom. The van der Waals surface area contributed by atoms with Crippen LogP contribution < -0.4 is 0 Å². The average molecular weight is 242 g/mol. The molecule has 0 aliphatic carbocycles. The van der Waals surface area contributed by atoms with E-state index in [4.69, 9.17) is 0 Å². The predicted octanol–water partition coefficient (Wildman–Crippen LogP) is 4.92. The molecule has 0 unspecified atom stereocenters. The van der Waals surface area contributed by atoms with E-state index in [0.29, 0.717) is 0 Å². The van der Waals surface area contributed by atoms with Crippen molar-refractivity contribution in [3.63, 3.8) is 0 Å². The largest absolute Gasteiger partial charge is 0.237 e. The molecule has 0 aromatic carbocycles. The summed E-state index contributed by atoms with van der Waals surface area (Å²) in [6.07, 6.45) is 15.9. The summed E-state index contributed by atoms with van der Waals surface area (Å²) in [5.41, 5.74) is 0. The zero-order chi connectivity index (χ0) is 12.6. The lowest BCUT2D eigenvalue weighted by atomic mass is 10.0. The maximum absolute atomic E-state index is 10.2. The van der Waals surface area contributed by atoms with Crippen LogP contribution >= 0.6 is 0 Å². The quantitative estimate of drug-likeness (QED) is 0.388. The van der Waals surface area contributed by atoms with Crippen LogP contribution in [0.3, 0.4) is 0 Å². The highest BCUT2D eigenvalue weighted by Crippen LogP contribution is 2.12. The Bertz CT molecular complexity index is 112. The molecule has 0 amide bonds. The molecule has 102 valence electrons. The molecule has 0 aromatic heterocycles. The van der Waals surface area contributed by atoms with Gasteiger partial charge in [0, 0.05) is 0 Å². The first-order valence-corrected chi connectivity index (χ1v) is 7.58. The second kappa shape index (κ2) is 15.9. The topological polar surface area (TPSA) is 39.8 Å². The summed E-state index contributed by atoms with van der Waals surface area (Å²) >= 11 is 0. The van der Waals surface area contributed by atoms with Crippen molar-refractivity contribution in [1.82, 2.24) is 0 Å². The lowest BCUT2D eigenvalue weighted by molar-refractivity contribution is 0.185. The van der Waals surface area contributed by atoms with Gasteiger partial charge in [-0.05, 0) is 12.8 Å². The molecule has 0 rings (SSSR count). The molecule has 0 saturated heterocycles. The molecule has 0 N–H and O–H groups in total. The van der Waals surface area contributed by atoms with Gasteiger partial charge in [0.1, 0.15) is 0 Å². The molecule has 0 spiro atoms. The molecule has 0 aromatic rings. The van der Waals surface area contributed by atoms with E-state index in [1.165, 1.54) is 57.8 Å². The van der Waals surface area contributed by atoms with Crippen molar-refractivity contribution in [2.24, 2.45) is 0 Å². The van der Waals surface area contributed by atoms with Crippen LogP contribution in [0.5, 0.6) is 0 Å². The highest BCUT2D eigenvalue weighted by atomic mass is 16.3. The first-order chi connectivity index (χ1) is 8.41. The van der Waals surface area contributed by atoms with Crippen LogP contribution in [0.15, 0.2) is 0 Å². The van der Waals surface area contributed by atoms with Gasteiger partial charge in [-0.2, -0.15) is 0 Å². The smallest absolute Gasteiger partial charge is 0.0822 e. The second-order valence-corrected chi connectivity index (χ2v) is 5.00. The summed E-state index contributed by atoms with van der Waals surface area (Å²) in [7, 11) is 0. The molecule has 0 fully saturated rings. The van der Waals surface area contributed by atoms with Gasteiger partial charge >= 0.3 is 0 Å². The SMILES string of the molecule is [O]CCCCCCCCCCCCCCC[O]. The molecule has 17 heavy (non-hydrogen) atoms. The fourth-order valence-electron chi connectivity index (χ4n) is 2.15. The van der Waals surface area contributed by atoms with E-state index in [9.17, 15) is 10.2 Å². The van der Waals surface area contributed by atoms with E-state index in [1.54, 1.807) is 0 Å². The summed E-state index contributed by atoms with van der Waals surface area (Å²) in [5.74, 6) is 0. The fraction of sp³-hybridized carbons (Fsp3) is 1.00. The molecule has 0 atom stereocenters. The minimum atomic E-state index is 0.104. The van der Waals surface area contributed by atoms with Gasteiger partial charge in [0.15, 0.2) is 0 Å². The van der Waals surface area contributed by atoms with E-state index in [-0.39, 0.29) is 13.2 Å². The van der Waals surface area contributed by atoms with Gasteiger partial charge in [0.25, 0.3) is 0 Å². The zero-order valence-corrected chi connectivity index (χ0v) is 11.4. The first kappa shape index (κ1) is 16.9. The Kier molecular flexibility index (Phi) is 15.8. The van der Waals surface area contributed by atoms with Crippen molar-refractivity contribution in [3.05, 3.63) is 0 Å². The standard InChI is InChI=1S/C15H30O2/c16-14-12-10-8-6-4-2-1-3-5-7-9-11-13-15-17/h1-15H2. The molecule has 2 heteroatoms. The predicted molar refractivity (Wildman–Crippen MR) is 71.1 cm³/mol. The van der Waals surface area contributed by atoms with E-state index in [0.717, 1.165) is 25.7 Å². The van der Waals surface area contributed by atoms with Crippen molar-refractivity contribution < 1.29 is 10.2 Å². The number of hydrogen-bond acceptors (Lipinski definition) is 0. The van der Waals surface area contributed by atoms with Gasteiger partial charge in [-0.1, -0.05) is 70.6 Å². The van der Waals surface area contributed by atoms with Crippen LogP contribution in [0.2, 0.25) is 0 Å². The van der Waals surface area contributed by atoms with E-state index in [1.807, 2.05) is 0 Å². The second-order valence-electron chi connectivity index (χ2n) is 5.00. The fourth-order valence-corrected chi connectivity index (χ4v) is 2.15. The molecule has 0 aliphatic rings. The van der Waals surface area contributed by atoms with Gasteiger partial charge in [-0.25, -0.2) is 10.2 Å². The summed E-state index contributed by atoms with van der Waals surface area (Å²) in [6, 6.07) is 0. The highest BCUT2D eigenvalue weighted by molar-refractivity contribution is 4.48. The lowest BCUT2D eigenvalue weighted by Gasteiger charge is -2.02. The maximum Gasteiger partial charge on any atom is 0.0822 e. The minimum Gasteiger partial charge on any atom is -0.237 e. The molecular formula is C15H30O2. The summed E-state index contributed by atoms with van der Waals surface area (Å²) in [5, 5.41) is 20.4. The van der Waals surface area contributed by atoms with Crippen LogP contribution in [0.25, 0.3) is 0 Å². The van der Waals surface area contributed by atoms with Gasteiger partial charge in [-0.15, -0.1) is 0 Å². The normalized spacial score (nSPS) is 10.9. The van der Waals surface area contributed by atoms with Crippen LogP contribution in [0.4, 0.5) is 0 Å². The Balaban J connectivity index is 2.85. The van der Waals surface area contributed by atoms with Crippen LogP contribution in [-0.2, 0) is 10.2 Å². The van der Waals surface area contributed by atoms with Crippen LogP contribution in [0.1, 0.15) is 83.5 Å². The molecule has 2 radical (unpaired) electrons. The van der Waals surface area contributed by atoms with Crippen LogP contribution in [-0.4, -0.2) is 13.2 Å². The summed E-state index contributed by atoms with van der Waals surface area (Å²) < 4.78 is 0. The third kappa shape index (κ3) is 15.9. The molecule has 0 heterocycles. The van der Waals surface area contributed by atoms with Crippen molar-refractivity contribution >= 4 is 0 Å². The van der Waals surface area contributed by atoms with Gasteiger partial charge in [0.2, 0.25) is 0 Å². The molecule has 0 bridgehead atoms. The Morgan fingerprint density at radius 1 is 0.294 bits per heavy atom. The highest BCUT2D eigenvalue weighted by Gasteiger charge is 1.93. The molecular weight excluding hydrogens is 212 g/mol. The third-order valence-electron chi connectivity index (χ3n) is 3.29. The third-order valence-corrected chi connectivity index (χ3v) is 3.29. The number of hydrogen-bond donors (Lipinski definition) is 0. The molecule has 2 nitrogen and oxygen atoms in total. The molecule has 0 aliphatic heterocycles. The Labute approximate surface area is 107 Å². The first-order valence-electron chi connectivity index (χ1n) is 7.58. The van der Waals surface area contributed by atoms with Gasteiger partial charge in [0.05, 0.1) is 13.2 Å². The van der Waals surface area contributed by atoms with Crippen LogP contribution in [0, 0.1) is 0 Å². The zero-order valence-electron chi connectivity index (χ0n) is 11.4. The molecule has 0 saturated carbocycles. The van der Waals surface area contributed by atoms with Crippen molar-refractivity contribution in [2.75, 3.05) is 13.2 Å². The maximum atomic E-state index is 10.2. The van der Waals surface area contributed by atoms with E-state index >= 15 is 0 Å². The monoisotopic (exact) mass is 242 g/mol. The minimum absolute atomic E-state index is 0.104. The summed E-state index contributed by atoms with van der Waals surface area (Å²) in [6.45, 7) is 0.207. The van der Waals surface area contributed by atoms with E-state index in [2.05, 4.69) is 0 Å². The Hall–Kier alpha value is -0.0800. The van der Waals surface area contributed by atoms with Crippen molar-refractivity contribution in [3.8, 4) is 0 Å². The number of rotatable bonds is 14. The Morgan fingerprint density at radius 3 is 0.647 bits per heavy atom. The summed E-state index contributed by atoms with van der Waals surface area (Å²) in [4.78, 5) is 0. The number of unbranched alkanes of at least 4 members (excludes halogenated alkanes) is 12. The van der Waals surface area contributed by atoms with Crippen molar-refractivity contribution in [2.45, 2.75) is 83.5 Å². The van der Waals surface area contributed by atoms with Gasteiger partial charge < -0.3 is 0 Å². The van der Waals surface area contributed by atoms with E-state index < -0.39 is 0 Å². The van der Waals surface area contributed by atoms with Gasteiger partial charge in [-0.3, -0.25) is 0 Å². The lowest BCUT2D eigenvalue weighted by Crippen LogP contribution is -1.85.